The first kappa shape index (κ1) is 17.6. The zero-order valence-electron chi connectivity index (χ0n) is 15.6. The number of amides is 3. The van der Waals surface area contributed by atoms with Gasteiger partial charge in [-0.15, -0.1) is 0 Å². The highest BCUT2D eigenvalue weighted by Crippen LogP contribution is 2.38. The number of Topliss-reactive ketones (excluding diaryl/α,β-unsaturated/α-hetero) is 1. The Morgan fingerprint density at radius 3 is 2.24 bits per heavy atom. The van der Waals surface area contributed by atoms with Crippen LogP contribution >= 0.6 is 0 Å². The van der Waals surface area contributed by atoms with E-state index in [2.05, 4.69) is 0 Å². The summed E-state index contributed by atoms with van der Waals surface area (Å²) in [5.74, 6) is -0.692. The van der Waals surface area contributed by atoms with Crippen LogP contribution in [0.15, 0.2) is 48.5 Å². The molecule has 0 aromatic heterocycles. The van der Waals surface area contributed by atoms with E-state index < -0.39 is 17.4 Å². The highest BCUT2D eigenvalue weighted by atomic mass is 16.5. The van der Waals surface area contributed by atoms with E-state index in [4.69, 9.17) is 4.74 Å². The third kappa shape index (κ3) is 2.73. The fourth-order valence-electron chi connectivity index (χ4n) is 4.35. The molecule has 0 saturated carbocycles. The molecule has 3 aliphatic heterocycles. The molecule has 0 bridgehead atoms. The van der Waals surface area contributed by atoms with Gasteiger partial charge in [-0.1, -0.05) is 24.3 Å². The van der Waals surface area contributed by atoms with E-state index in [0.29, 0.717) is 35.4 Å². The minimum absolute atomic E-state index is 0.00139. The van der Waals surface area contributed by atoms with Crippen molar-refractivity contribution in [1.29, 1.82) is 0 Å². The van der Waals surface area contributed by atoms with Gasteiger partial charge < -0.3 is 9.64 Å². The van der Waals surface area contributed by atoms with Gasteiger partial charge in [-0.05, 0) is 24.3 Å². The van der Waals surface area contributed by atoms with Crippen LogP contribution in [0.4, 0.5) is 0 Å². The minimum Gasteiger partial charge on any atom is -0.484 e. The van der Waals surface area contributed by atoms with Crippen molar-refractivity contribution in [2.45, 2.75) is 18.4 Å². The number of rotatable bonds is 2. The maximum absolute atomic E-state index is 12.8. The van der Waals surface area contributed by atoms with Crippen LogP contribution in [0, 0.1) is 0 Å². The molecule has 7 heteroatoms. The Balaban J connectivity index is 1.30. The Morgan fingerprint density at radius 2 is 1.55 bits per heavy atom. The quantitative estimate of drug-likeness (QED) is 0.732. The van der Waals surface area contributed by atoms with E-state index in [1.54, 1.807) is 47.4 Å². The molecule has 5 rings (SSSR count). The zero-order valence-corrected chi connectivity index (χ0v) is 15.6. The summed E-state index contributed by atoms with van der Waals surface area (Å²) in [5.41, 5.74) is 0.458. The molecular formula is C22H18N2O5. The smallest absolute Gasteiger partial charge is 0.262 e. The lowest BCUT2D eigenvalue weighted by Gasteiger charge is -2.34. The van der Waals surface area contributed by atoms with Crippen LogP contribution in [0.3, 0.4) is 0 Å². The van der Waals surface area contributed by atoms with Crippen molar-refractivity contribution < 1.29 is 23.9 Å². The molecule has 3 amide bonds. The van der Waals surface area contributed by atoms with Gasteiger partial charge in [0.2, 0.25) is 5.91 Å². The van der Waals surface area contributed by atoms with Crippen molar-refractivity contribution in [3.8, 4) is 5.75 Å². The third-order valence-electron chi connectivity index (χ3n) is 5.84. The van der Waals surface area contributed by atoms with Crippen LogP contribution in [0.2, 0.25) is 0 Å². The largest absolute Gasteiger partial charge is 0.484 e. The molecule has 0 N–H and O–H groups in total. The molecule has 7 nitrogen and oxygen atoms in total. The number of likely N-dealkylation sites (tertiary alicyclic amines) is 1. The Morgan fingerprint density at radius 1 is 0.931 bits per heavy atom. The molecule has 2 aromatic rings. The van der Waals surface area contributed by atoms with Crippen LogP contribution in [0.5, 0.6) is 5.75 Å². The van der Waals surface area contributed by atoms with E-state index in [-0.39, 0.29) is 31.2 Å². The topological polar surface area (TPSA) is 84.0 Å². The number of nitrogens with zero attached hydrogens (tertiary/aromatic N) is 2. The molecule has 1 saturated heterocycles. The molecule has 1 spiro atoms. The summed E-state index contributed by atoms with van der Waals surface area (Å²) in [6, 6.07) is 13.7. The van der Waals surface area contributed by atoms with E-state index in [1.807, 2.05) is 6.07 Å². The molecule has 2 aromatic carbocycles. The van der Waals surface area contributed by atoms with Gasteiger partial charge in [0.05, 0.1) is 29.7 Å². The fourth-order valence-corrected chi connectivity index (χ4v) is 4.35. The maximum Gasteiger partial charge on any atom is 0.262 e. The van der Waals surface area contributed by atoms with Crippen molar-refractivity contribution in [2.75, 3.05) is 19.6 Å². The maximum atomic E-state index is 12.8. The molecular weight excluding hydrogens is 372 g/mol. The predicted molar refractivity (Wildman–Crippen MR) is 102 cm³/mol. The fraction of sp³-hybridized carbons (Fsp3) is 0.273. The molecule has 146 valence electrons. The Hall–Kier alpha value is -3.48. The summed E-state index contributed by atoms with van der Waals surface area (Å²) in [4.78, 5) is 52.9. The van der Waals surface area contributed by atoms with Gasteiger partial charge in [-0.25, -0.2) is 0 Å². The first-order valence-electron chi connectivity index (χ1n) is 9.52. The van der Waals surface area contributed by atoms with Crippen molar-refractivity contribution in [2.24, 2.45) is 0 Å². The lowest BCUT2D eigenvalue weighted by atomic mass is 9.89. The number of carbonyl (C=O) groups is 4. The van der Waals surface area contributed by atoms with Gasteiger partial charge in [0.25, 0.3) is 11.8 Å². The van der Waals surface area contributed by atoms with Crippen LogP contribution in [-0.2, 0) is 4.79 Å². The third-order valence-corrected chi connectivity index (χ3v) is 5.84. The highest BCUT2D eigenvalue weighted by molar-refractivity contribution is 6.22. The molecule has 0 aliphatic carbocycles. The van der Waals surface area contributed by atoms with E-state index in [0.717, 1.165) is 4.90 Å². The lowest BCUT2D eigenvalue weighted by Crippen LogP contribution is -2.47. The standard InChI is InChI=1S/C22H18N2O5/c25-17-11-22(29-18-8-4-3-7-16(17)18)9-10-23(13-22)19(26)12-24-20(27)14-5-1-2-6-15(14)21(24)28/h1-8H,9-13H2. The number of ketones is 1. The minimum atomic E-state index is -0.747. The van der Waals surface area contributed by atoms with Crippen molar-refractivity contribution >= 4 is 23.5 Å². The number of carbonyl (C=O) groups excluding carboxylic acids is 4. The predicted octanol–water partition coefficient (Wildman–Crippen LogP) is 1.92. The molecule has 1 fully saturated rings. The van der Waals surface area contributed by atoms with Crippen molar-refractivity contribution in [3.05, 3.63) is 65.2 Å². The normalized spacial score (nSPS) is 22.7. The van der Waals surface area contributed by atoms with Gasteiger partial charge in [-0.3, -0.25) is 24.1 Å². The van der Waals surface area contributed by atoms with Gasteiger partial charge in [0, 0.05) is 13.0 Å². The first-order valence-corrected chi connectivity index (χ1v) is 9.52. The number of benzene rings is 2. The number of hydrogen-bond donors (Lipinski definition) is 0. The van der Waals surface area contributed by atoms with Gasteiger partial charge in [-0.2, -0.15) is 0 Å². The summed E-state index contributed by atoms with van der Waals surface area (Å²) in [5, 5.41) is 0. The Bertz CT molecular complexity index is 1040. The number of imide groups is 1. The van der Waals surface area contributed by atoms with Crippen LogP contribution in [0.25, 0.3) is 0 Å². The van der Waals surface area contributed by atoms with Crippen LogP contribution < -0.4 is 4.74 Å². The average Bonchev–Trinajstić information content (AvgIpc) is 3.23. The zero-order chi connectivity index (χ0) is 20.2. The van der Waals surface area contributed by atoms with E-state index >= 15 is 0 Å². The summed E-state index contributed by atoms with van der Waals surface area (Å²) >= 11 is 0. The second-order valence-corrected chi connectivity index (χ2v) is 7.69. The Kier molecular flexibility index (Phi) is 3.81. The number of fused-ring (bicyclic) bond motifs is 2. The summed E-state index contributed by atoms with van der Waals surface area (Å²) in [7, 11) is 0. The highest BCUT2D eigenvalue weighted by Gasteiger charge is 2.47. The van der Waals surface area contributed by atoms with E-state index in [9.17, 15) is 19.2 Å². The van der Waals surface area contributed by atoms with Crippen LogP contribution in [-0.4, -0.2) is 58.5 Å². The van der Waals surface area contributed by atoms with Crippen LogP contribution in [0.1, 0.15) is 43.9 Å². The van der Waals surface area contributed by atoms with Gasteiger partial charge in [0.1, 0.15) is 17.9 Å². The number of para-hydroxylation sites is 1. The first-order chi connectivity index (χ1) is 14.0. The molecule has 3 aliphatic rings. The molecule has 29 heavy (non-hydrogen) atoms. The summed E-state index contributed by atoms with van der Waals surface area (Å²) in [6.45, 7) is 0.361. The second kappa shape index (κ2) is 6.27. The van der Waals surface area contributed by atoms with Crippen molar-refractivity contribution in [1.82, 2.24) is 9.80 Å². The number of ether oxygens (including phenoxy) is 1. The lowest BCUT2D eigenvalue weighted by molar-refractivity contribution is -0.131. The molecule has 1 unspecified atom stereocenters. The molecule has 0 radical (unpaired) electrons. The second-order valence-electron chi connectivity index (χ2n) is 7.69. The van der Waals surface area contributed by atoms with Gasteiger partial charge >= 0.3 is 0 Å². The van der Waals surface area contributed by atoms with Gasteiger partial charge in [0.15, 0.2) is 5.78 Å². The average molecular weight is 390 g/mol. The number of hydrogen-bond acceptors (Lipinski definition) is 5. The summed E-state index contributed by atoms with van der Waals surface area (Å²) in [6.07, 6.45) is 0.738. The summed E-state index contributed by atoms with van der Waals surface area (Å²) < 4.78 is 6.13. The molecule has 3 heterocycles. The molecule has 1 atom stereocenters. The van der Waals surface area contributed by atoms with Crippen molar-refractivity contribution in [3.63, 3.8) is 0 Å². The Labute approximate surface area is 166 Å². The monoisotopic (exact) mass is 390 g/mol. The SMILES string of the molecule is O=C1CC2(CCN(C(=O)CN3C(=O)c4ccccc4C3=O)C2)Oc2ccccc21. The van der Waals surface area contributed by atoms with E-state index in [1.165, 1.54) is 0 Å².